The number of anilines is 1. The van der Waals surface area contributed by atoms with Gasteiger partial charge in [0, 0.05) is 25.8 Å². The molecule has 3 N–H and O–H groups in total. The summed E-state index contributed by atoms with van der Waals surface area (Å²) >= 11 is 0. The number of likely N-dealkylation sites (tertiary alicyclic amines) is 1. The molecule has 6 heteroatoms. The third-order valence-electron chi connectivity index (χ3n) is 3.29. The number of nitrogens with zero attached hydrogens (tertiary/aromatic N) is 3. The predicted molar refractivity (Wildman–Crippen MR) is 74.2 cm³/mol. The Balaban J connectivity index is 1.82. The Morgan fingerprint density at radius 1 is 1.47 bits per heavy atom. The lowest BCUT2D eigenvalue weighted by Gasteiger charge is -2.21. The summed E-state index contributed by atoms with van der Waals surface area (Å²) in [5.74, 6) is 6.12. The van der Waals surface area contributed by atoms with Crippen LogP contribution in [0.5, 0.6) is 0 Å². The van der Waals surface area contributed by atoms with E-state index in [-0.39, 0.29) is 5.91 Å². The second-order valence-corrected chi connectivity index (χ2v) is 4.96. The lowest BCUT2D eigenvalue weighted by Crippen LogP contribution is -2.36. The molecule has 2 rings (SSSR count). The highest BCUT2D eigenvalue weighted by atomic mass is 16.2. The Kier molecular flexibility index (Phi) is 4.70. The molecule has 0 unspecified atom stereocenters. The van der Waals surface area contributed by atoms with Gasteiger partial charge in [0.05, 0.1) is 6.54 Å². The van der Waals surface area contributed by atoms with Gasteiger partial charge in [0.1, 0.15) is 5.82 Å². The van der Waals surface area contributed by atoms with Gasteiger partial charge >= 0.3 is 0 Å². The Hall–Kier alpha value is -1.66. The minimum Gasteiger partial charge on any atom is -0.342 e. The average Bonchev–Trinajstić information content (AvgIpc) is 2.93. The zero-order chi connectivity index (χ0) is 13.7. The molecule has 0 aliphatic carbocycles. The zero-order valence-electron chi connectivity index (χ0n) is 11.3. The summed E-state index contributed by atoms with van der Waals surface area (Å²) in [5, 5.41) is 0. The van der Waals surface area contributed by atoms with E-state index in [4.69, 9.17) is 5.84 Å². The van der Waals surface area contributed by atoms with Crippen molar-refractivity contribution >= 4 is 11.7 Å². The van der Waals surface area contributed by atoms with Crippen LogP contribution in [0.2, 0.25) is 0 Å². The number of nitrogens with one attached hydrogen (secondary N) is 1. The molecule has 2 heterocycles. The number of hydrazine groups is 1. The van der Waals surface area contributed by atoms with Crippen molar-refractivity contribution in [3.05, 3.63) is 23.9 Å². The van der Waals surface area contributed by atoms with Crippen LogP contribution >= 0.6 is 0 Å². The maximum Gasteiger partial charge on any atom is 0.236 e. The first-order valence-electron chi connectivity index (χ1n) is 6.57. The second kappa shape index (κ2) is 6.49. The SMILES string of the molecule is CN(CC(=O)N1CCCC1)Cc1ccc(NN)nc1. The monoisotopic (exact) mass is 263 g/mol. The number of pyridine rings is 1. The Labute approximate surface area is 113 Å². The number of hydrogen-bond acceptors (Lipinski definition) is 5. The molecule has 1 aromatic heterocycles. The lowest BCUT2D eigenvalue weighted by molar-refractivity contribution is -0.131. The molecule has 1 fully saturated rings. The summed E-state index contributed by atoms with van der Waals surface area (Å²) in [6.07, 6.45) is 4.03. The first kappa shape index (κ1) is 13.8. The average molecular weight is 263 g/mol. The van der Waals surface area contributed by atoms with Crippen molar-refractivity contribution in [1.82, 2.24) is 14.8 Å². The number of hydrogen-bond donors (Lipinski definition) is 2. The van der Waals surface area contributed by atoms with Crippen LogP contribution in [0, 0.1) is 0 Å². The molecule has 19 heavy (non-hydrogen) atoms. The van der Waals surface area contributed by atoms with Crippen LogP contribution in [0.15, 0.2) is 18.3 Å². The fourth-order valence-electron chi connectivity index (χ4n) is 2.27. The fraction of sp³-hybridized carbons (Fsp3) is 0.538. The van der Waals surface area contributed by atoms with E-state index in [1.165, 1.54) is 0 Å². The zero-order valence-corrected chi connectivity index (χ0v) is 11.3. The molecule has 0 saturated carbocycles. The Morgan fingerprint density at radius 3 is 2.79 bits per heavy atom. The largest absolute Gasteiger partial charge is 0.342 e. The smallest absolute Gasteiger partial charge is 0.236 e. The molecule has 1 saturated heterocycles. The molecule has 0 radical (unpaired) electrons. The summed E-state index contributed by atoms with van der Waals surface area (Å²) in [4.78, 5) is 20.1. The van der Waals surface area contributed by atoms with E-state index in [9.17, 15) is 4.79 Å². The van der Waals surface area contributed by atoms with E-state index < -0.39 is 0 Å². The number of nitrogens with two attached hydrogens (primary N) is 1. The number of aromatic nitrogens is 1. The number of likely N-dealkylation sites (N-methyl/N-ethyl adjacent to an activating group) is 1. The summed E-state index contributed by atoms with van der Waals surface area (Å²) in [7, 11) is 1.95. The van der Waals surface area contributed by atoms with Crippen molar-refractivity contribution in [2.24, 2.45) is 5.84 Å². The van der Waals surface area contributed by atoms with Crippen molar-refractivity contribution in [3.8, 4) is 0 Å². The van der Waals surface area contributed by atoms with Gasteiger partial charge in [0.15, 0.2) is 0 Å². The minimum atomic E-state index is 0.216. The minimum absolute atomic E-state index is 0.216. The Bertz CT molecular complexity index is 414. The van der Waals surface area contributed by atoms with E-state index >= 15 is 0 Å². The van der Waals surface area contributed by atoms with E-state index in [0.29, 0.717) is 18.9 Å². The molecule has 0 spiro atoms. The van der Waals surface area contributed by atoms with Crippen molar-refractivity contribution in [3.63, 3.8) is 0 Å². The van der Waals surface area contributed by atoms with Gasteiger partial charge in [-0.15, -0.1) is 0 Å². The number of amides is 1. The normalized spacial score (nSPS) is 15.0. The molecule has 1 amide bonds. The lowest BCUT2D eigenvalue weighted by atomic mass is 10.2. The van der Waals surface area contributed by atoms with Crippen molar-refractivity contribution < 1.29 is 4.79 Å². The summed E-state index contributed by atoms with van der Waals surface area (Å²) < 4.78 is 0. The third kappa shape index (κ3) is 3.90. The molecule has 1 aromatic rings. The summed E-state index contributed by atoms with van der Waals surface area (Å²) in [6, 6.07) is 3.78. The molecule has 0 bridgehead atoms. The number of nitrogen functional groups attached to an aromatic ring is 1. The first-order valence-corrected chi connectivity index (χ1v) is 6.57. The first-order chi connectivity index (χ1) is 9.19. The van der Waals surface area contributed by atoms with E-state index in [2.05, 4.69) is 10.4 Å². The molecule has 0 atom stereocenters. The van der Waals surface area contributed by atoms with E-state index in [1.807, 2.05) is 29.0 Å². The maximum atomic E-state index is 12.0. The summed E-state index contributed by atoms with van der Waals surface area (Å²) in [6.45, 7) is 2.98. The molecule has 104 valence electrons. The number of carbonyl (C=O) groups excluding carboxylic acids is 1. The number of rotatable bonds is 5. The highest BCUT2D eigenvalue weighted by Crippen LogP contribution is 2.09. The van der Waals surface area contributed by atoms with Gasteiger partial charge in [-0.1, -0.05) is 6.07 Å². The van der Waals surface area contributed by atoms with Crippen molar-refractivity contribution in [2.45, 2.75) is 19.4 Å². The van der Waals surface area contributed by atoms with E-state index in [0.717, 1.165) is 31.5 Å². The van der Waals surface area contributed by atoms with Crippen molar-refractivity contribution in [2.75, 3.05) is 32.1 Å². The van der Waals surface area contributed by atoms with E-state index in [1.54, 1.807) is 6.20 Å². The summed E-state index contributed by atoms with van der Waals surface area (Å²) in [5.41, 5.74) is 3.56. The van der Waals surface area contributed by atoms with Crippen LogP contribution in [-0.2, 0) is 11.3 Å². The fourth-order valence-corrected chi connectivity index (χ4v) is 2.27. The molecular weight excluding hydrogens is 242 g/mol. The van der Waals surface area contributed by atoms with Gasteiger partial charge in [-0.2, -0.15) is 0 Å². The van der Waals surface area contributed by atoms with Crippen LogP contribution < -0.4 is 11.3 Å². The van der Waals surface area contributed by atoms with Gasteiger partial charge in [0.2, 0.25) is 5.91 Å². The van der Waals surface area contributed by atoms with Crippen LogP contribution in [0.3, 0.4) is 0 Å². The van der Waals surface area contributed by atoms with Crippen LogP contribution in [0.4, 0.5) is 5.82 Å². The highest BCUT2D eigenvalue weighted by molar-refractivity contribution is 5.78. The van der Waals surface area contributed by atoms with Crippen molar-refractivity contribution in [1.29, 1.82) is 0 Å². The third-order valence-corrected chi connectivity index (χ3v) is 3.29. The number of carbonyl (C=O) groups is 1. The topological polar surface area (TPSA) is 74.5 Å². The molecule has 1 aliphatic rings. The Morgan fingerprint density at radius 2 is 2.21 bits per heavy atom. The van der Waals surface area contributed by atoms with Gasteiger partial charge in [0.25, 0.3) is 0 Å². The van der Waals surface area contributed by atoms with Crippen LogP contribution in [0.25, 0.3) is 0 Å². The molecule has 1 aliphatic heterocycles. The highest BCUT2D eigenvalue weighted by Gasteiger charge is 2.18. The maximum absolute atomic E-state index is 12.0. The van der Waals surface area contributed by atoms with Crippen LogP contribution in [-0.4, -0.2) is 47.4 Å². The van der Waals surface area contributed by atoms with Crippen LogP contribution in [0.1, 0.15) is 18.4 Å². The molecule has 6 nitrogen and oxygen atoms in total. The quantitative estimate of drug-likeness (QED) is 0.595. The standard InChI is InChI=1S/C13H21N5O/c1-17(10-13(19)18-6-2-3-7-18)9-11-4-5-12(16-14)15-8-11/h4-5,8H,2-3,6-7,9-10,14H2,1H3,(H,15,16). The molecular formula is C13H21N5O. The predicted octanol–water partition coefficient (Wildman–Crippen LogP) is 0.421. The van der Waals surface area contributed by atoms with Gasteiger partial charge in [-0.3, -0.25) is 9.69 Å². The van der Waals surface area contributed by atoms with Gasteiger partial charge < -0.3 is 10.3 Å². The van der Waals surface area contributed by atoms with Gasteiger partial charge in [-0.25, -0.2) is 10.8 Å². The molecule has 0 aromatic carbocycles. The second-order valence-electron chi connectivity index (χ2n) is 4.96. The van der Waals surface area contributed by atoms with Gasteiger partial charge in [-0.05, 0) is 31.5 Å².